The molecule has 2 N–H and O–H groups in total. The molecule has 2 fully saturated rings. The summed E-state index contributed by atoms with van der Waals surface area (Å²) in [6.45, 7) is 4.97. The van der Waals surface area contributed by atoms with Crippen LogP contribution >= 0.6 is 0 Å². The van der Waals surface area contributed by atoms with E-state index in [4.69, 9.17) is 5.73 Å². The van der Waals surface area contributed by atoms with Crippen LogP contribution < -0.4 is 15.5 Å². The third kappa shape index (κ3) is 3.15. The first-order chi connectivity index (χ1) is 10.6. The van der Waals surface area contributed by atoms with E-state index >= 15 is 0 Å². The van der Waals surface area contributed by atoms with Crippen LogP contribution in [0, 0.1) is 5.92 Å². The van der Waals surface area contributed by atoms with Gasteiger partial charge in [0.1, 0.15) is 18.0 Å². The zero-order valence-corrected chi connectivity index (χ0v) is 13.2. The molecule has 0 bridgehead atoms. The van der Waals surface area contributed by atoms with Crippen LogP contribution in [0.4, 0.5) is 11.6 Å². The Morgan fingerprint density at radius 1 is 1.18 bits per heavy atom. The van der Waals surface area contributed by atoms with E-state index in [0.717, 1.165) is 37.6 Å². The molecule has 0 aromatic carbocycles. The van der Waals surface area contributed by atoms with Crippen molar-refractivity contribution in [1.82, 2.24) is 9.97 Å². The van der Waals surface area contributed by atoms with Crippen LogP contribution in [0.5, 0.6) is 0 Å². The molecule has 22 heavy (non-hydrogen) atoms. The van der Waals surface area contributed by atoms with Gasteiger partial charge in [-0.3, -0.25) is 4.79 Å². The first-order valence-electron chi connectivity index (χ1n) is 8.28. The van der Waals surface area contributed by atoms with E-state index in [2.05, 4.69) is 32.8 Å². The van der Waals surface area contributed by atoms with E-state index in [1.54, 1.807) is 6.33 Å². The van der Waals surface area contributed by atoms with Crippen LogP contribution in [0.3, 0.4) is 0 Å². The summed E-state index contributed by atoms with van der Waals surface area (Å²) < 4.78 is 0. The molecule has 0 radical (unpaired) electrons. The summed E-state index contributed by atoms with van der Waals surface area (Å²) in [5.41, 5.74) is 5.49. The van der Waals surface area contributed by atoms with Crippen LogP contribution in [0.1, 0.15) is 39.0 Å². The van der Waals surface area contributed by atoms with Crippen LogP contribution in [0.25, 0.3) is 0 Å². The fourth-order valence-corrected chi connectivity index (χ4v) is 3.45. The SMILES string of the molecule is C[C@H]1CC[C@H](C(N)=O)CN1c1cc(N2CCCCC2)ncn1. The van der Waals surface area contributed by atoms with Crippen molar-refractivity contribution in [2.45, 2.75) is 45.1 Å². The number of piperidine rings is 2. The largest absolute Gasteiger partial charge is 0.369 e. The molecule has 1 aromatic rings. The van der Waals surface area contributed by atoms with Crippen molar-refractivity contribution in [3.8, 4) is 0 Å². The first-order valence-corrected chi connectivity index (χ1v) is 8.28. The van der Waals surface area contributed by atoms with Crippen LogP contribution in [-0.2, 0) is 4.79 Å². The van der Waals surface area contributed by atoms with E-state index in [1.807, 2.05) is 0 Å². The number of hydrogen-bond donors (Lipinski definition) is 1. The molecular formula is C16H25N5O. The Hall–Kier alpha value is -1.85. The summed E-state index contributed by atoms with van der Waals surface area (Å²) in [6.07, 6.45) is 7.23. The number of carbonyl (C=O) groups is 1. The number of rotatable bonds is 3. The van der Waals surface area contributed by atoms with E-state index in [0.29, 0.717) is 12.6 Å². The van der Waals surface area contributed by atoms with Crippen molar-refractivity contribution in [3.05, 3.63) is 12.4 Å². The predicted molar refractivity (Wildman–Crippen MR) is 86.8 cm³/mol. The molecule has 0 aliphatic carbocycles. The Kier molecular flexibility index (Phi) is 4.45. The third-order valence-corrected chi connectivity index (χ3v) is 4.90. The highest BCUT2D eigenvalue weighted by Gasteiger charge is 2.29. The zero-order chi connectivity index (χ0) is 15.5. The highest BCUT2D eigenvalue weighted by molar-refractivity contribution is 5.77. The molecule has 1 aromatic heterocycles. The van der Waals surface area contributed by atoms with Crippen molar-refractivity contribution >= 4 is 17.5 Å². The van der Waals surface area contributed by atoms with Gasteiger partial charge in [-0.25, -0.2) is 9.97 Å². The molecule has 2 atom stereocenters. The minimum absolute atomic E-state index is 0.0791. The lowest BCUT2D eigenvalue weighted by molar-refractivity contribution is -0.122. The number of amides is 1. The van der Waals surface area contributed by atoms with Crippen molar-refractivity contribution in [3.63, 3.8) is 0 Å². The Labute approximate surface area is 131 Å². The summed E-state index contributed by atoms with van der Waals surface area (Å²) in [5.74, 6) is 1.62. The highest BCUT2D eigenvalue weighted by atomic mass is 16.1. The maximum Gasteiger partial charge on any atom is 0.222 e. The zero-order valence-electron chi connectivity index (χ0n) is 13.2. The molecule has 2 saturated heterocycles. The smallest absolute Gasteiger partial charge is 0.222 e. The van der Waals surface area contributed by atoms with Crippen molar-refractivity contribution < 1.29 is 4.79 Å². The number of nitrogens with zero attached hydrogens (tertiary/aromatic N) is 4. The minimum atomic E-state index is -0.206. The number of aromatic nitrogens is 2. The van der Waals surface area contributed by atoms with E-state index in [-0.39, 0.29) is 11.8 Å². The summed E-state index contributed by atoms with van der Waals surface area (Å²) in [4.78, 5) is 24.9. The number of anilines is 2. The van der Waals surface area contributed by atoms with E-state index < -0.39 is 0 Å². The molecule has 2 aliphatic heterocycles. The lowest BCUT2D eigenvalue weighted by Gasteiger charge is -2.38. The number of primary amides is 1. The second-order valence-electron chi connectivity index (χ2n) is 6.46. The summed E-state index contributed by atoms with van der Waals surface area (Å²) in [7, 11) is 0. The number of nitrogens with two attached hydrogens (primary N) is 1. The predicted octanol–water partition coefficient (Wildman–Crippen LogP) is 1.56. The molecule has 6 nitrogen and oxygen atoms in total. The van der Waals surface area contributed by atoms with Crippen LogP contribution in [0.15, 0.2) is 12.4 Å². The third-order valence-electron chi connectivity index (χ3n) is 4.90. The maximum absolute atomic E-state index is 11.5. The van der Waals surface area contributed by atoms with Crippen molar-refractivity contribution in [2.24, 2.45) is 11.7 Å². The molecule has 1 amide bonds. The molecule has 3 rings (SSSR count). The second kappa shape index (κ2) is 6.50. The van der Waals surface area contributed by atoms with Gasteiger partial charge in [0.2, 0.25) is 5.91 Å². The first kappa shape index (κ1) is 15.1. The average molecular weight is 303 g/mol. The number of carbonyl (C=O) groups excluding carboxylic acids is 1. The van der Waals surface area contributed by atoms with Crippen LogP contribution in [0.2, 0.25) is 0 Å². The van der Waals surface area contributed by atoms with Crippen LogP contribution in [-0.4, -0.2) is 41.6 Å². The lowest BCUT2D eigenvalue weighted by Crippen LogP contribution is -2.46. The van der Waals surface area contributed by atoms with Gasteiger partial charge in [-0.2, -0.15) is 0 Å². The monoisotopic (exact) mass is 303 g/mol. The maximum atomic E-state index is 11.5. The lowest BCUT2D eigenvalue weighted by atomic mass is 9.93. The topological polar surface area (TPSA) is 75.4 Å². The summed E-state index contributed by atoms with van der Waals surface area (Å²) >= 11 is 0. The fourth-order valence-electron chi connectivity index (χ4n) is 3.45. The van der Waals surface area contributed by atoms with Crippen molar-refractivity contribution in [1.29, 1.82) is 0 Å². The van der Waals surface area contributed by atoms with E-state index in [1.165, 1.54) is 19.3 Å². The van der Waals surface area contributed by atoms with Gasteiger partial charge in [0.15, 0.2) is 0 Å². The standard InChI is InChI=1S/C16H25N5O/c1-12-5-6-13(16(17)22)10-21(12)15-9-14(18-11-19-15)20-7-3-2-4-8-20/h9,11-13H,2-8,10H2,1H3,(H2,17,22)/t12-,13-/m0/s1. The van der Waals surface area contributed by atoms with Crippen molar-refractivity contribution in [2.75, 3.05) is 29.4 Å². The number of hydrogen-bond acceptors (Lipinski definition) is 5. The summed E-state index contributed by atoms with van der Waals surface area (Å²) in [5, 5.41) is 0. The van der Waals surface area contributed by atoms with Gasteiger partial charge >= 0.3 is 0 Å². The Morgan fingerprint density at radius 3 is 2.64 bits per heavy atom. The molecule has 0 saturated carbocycles. The second-order valence-corrected chi connectivity index (χ2v) is 6.46. The average Bonchev–Trinajstić information content (AvgIpc) is 2.56. The van der Waals surface area contributed by atoms with E-state index in [9.17, 15) is 4.79 Å². The molecule has 0 unspecified atom stereocenters. The van der Waals surface area contributed by atoms with Gasteiger partial charge in [0.25, 0.3) is 0 Å². The Morgan fingerprint density at radius 2 is 1.91 bits per heavy atom. The quantitative estimate of drug-likeness (QED) is 0.917. The Balaban J connectivity index is 1.79. The van der Waals surface area contributed by atoms with Gasteiger partial charge < -0.3 is 15.5 Å². The minimum Gasteiger partial charge on any atom is -0.369 e. The molecule has 6 heteroatoms. The highest BCUT2D eigenvalue weighted by Crippen LogP contribution is 2.28. The molecule has 120 valence electrons. The molecular weight excluding hydrogens is 278 g/mol. The van der Waals surface area contributed by atoms with Gasteiger partial charge in [-0.05, 0) is 39.0 Å². The fraction of sp³-hybridized carbons (Fsp3) is 0.688. The van der Waals surface area contributed by atoms with Gasteiger partial charge in [0, 0.05) is 31.7 Å². The Bertz CT molecular complexity index is 529. The molecule has 3 heterocycles. The normalized spacial score (nSPS) is 26.0. The molecule has 0 spiro atoms. The van der Waals surface area contributed by atoms with Gasteiger partial charge in [-0.15, -0.1) is 0 Å². The van der Waals surface area contributed by atoms with Gasteiger partial charge in [0.05, 0.1) is 5.92 Å². The van der Waals surface area contributed by atoms with Gasteiger partial charge in [-0.1, -0.05) is 0 Å². The molecule has 2 aliphatic rings. The summed E-state index contributed by atoms with van der Waals surface area (Å²) in [6, 6.07) is 2.44.